The molecule has 2 unspecified atom stereocenters. The van der Waals surface area contributed by atoms with Gasteiger partial charge in [-0.05, 0) is 24.6 Å². The normalized spacial score (nSPS) is 14.1. The van der Waals surface area contributed by atoms with Crippen LogP contribution in [-0.2, 0) is 11.8 Å². The Morgan fingerprint density at radius 2 is 2.10 bits per heavy atom. The zero-order valence-electron chi connectivity index (χ0n) is 11.9. The van der Waals surface area contributed by atoms with E-state index in [4.69, 9.17) is 16.3 Å². The van der Waals surface area contributed by atoms with Gasteiger partial charge in [0.2, 0.25) is 0 Å². The van der Waals surface area contributed by atoms with Crippen LogP contribution in [0.2, 0.25) is 5.02 Å². The third-order valence-corrected chi connectivity index (χ3v) is 4.38. The third kappa shape index (κ3) is 5.00. The first kappa shape index (κ1) is 16.3. The number of aliphatic hydroxyl groups is 1. The minimum absolute atomic E-state index is 0.0863. The summed E-state index contributed by atoms with van der Waals surface area (Å²) in [5, 5.41) is 19.2. The van der Waals surface area contributed by atoms with Gasteiger partial charge >= 0.3 is 0 Å². The smallest absolute Gasteiger partial charge is 0.190 e. The van der Waals surface area contributed by atoms with E-state index in [1.54, 1.807) is 6.33 Å². The molecule has 21 heavy (non-hydrogen) atoms. The second-order valence-corrected chi connectivity index (χ2v) is 6.14. The van der Waals surface area contributed by atoms with Crippen LogP contribution in [0.25, 0.3) is 0 Å². The number of benzene rings is 1. The third-order valence-electron chi connectivity index (χ3n) is 2.95. The van der Waals surface area contributed by atoms with E-state index >= 15 is 0 Å². The van der Waals surface area contributed by atoms with Crippen LogP contribution in [0.5, 0.6) is 0 Å². The van der Waals surface area contributed by atoms with Crippen LogP contribution in [0.15, 0.2) is 35.7 Å². The van der Waals surface area contributed by atoms with Gasteiger partial charge in [-0.3, -0.25) is 0 Å². The van der Waals surface area contributed by atoms with E-state index in [9.17, 15) is 5.11 Å². The van der Waals surface area contributed by atoms with Crippen molar-refractivity contribution in [2.75, 3.05) is 12.4 Å². The average Bonchev–Trinajstić information content (AvgIpc) is 2.88. The Hall–Kier alpha value is -1.08. The number of nitrogens with zero attached hydrogens (tertiary/aromatic N) is 3. The number of hydrogen-bond donors (Lipinski definition) is 1. The Bertz CT molecular complexity index is 562. The first-order valence-corrected chi connectivity index (χ1v) is 7.94. The molecule has 0 fully saturated rings. The maximum Gasteiger partial charge on any atom is 0.190 e. The molecule has 0 bridgehead atoms. The molecular formula is C14H18ClN3O2S. The number of halogens is 1. The average molecular weight is 328 g/mol. The van der Waals surface area contributed by atoms with Gasteiger partial charge in [0.1, 0.15) is 6.33 Å². The summed E-state index contributed by atoms with van der Waals surface area (Å²) in [4.78, 5) is 0. The SMILES string of the molecule is CC(OCC(O)CSc1nncn1C)c1ccc(Cl)cc1. The van der Waals surface area contributed by atoms with Gasteiger partial charge in [0, 0.05) is 17.8 Å². The highest BCUT2D eigenvalue weighted by molar-refractivity contribution is 7.99. The van der Waals surface area contributed by atoms with E-state index in [2.05, 4.69) is 10.2 Å². The summed E-state index contributed by atoms with van der Waals surface area (Å²) in [6.07, 6.45) is 0.992. The fourth-order valence-corrected chi connectivity index (χ4v) is 2.63. The van der Waals surface area contributed by atoms with E-state index in [1.807, 2.05) is 42.8 Å². The van der Waals surface area contributed by atoms with Crippen LogP contribution in [-0.4, -0.2) is 38.3 Å². The maximum absolute atomic E-state index is 9.95. The van der Waals surface area contributed by atoms with Crippen LogP contribution in [0.3, 0.4) is 0 Å². The summed E-state index contributed by atoms with van der Waals surface area (Å²) in [5.41, 5.74) is 1.03. The van der Waals surface area contributed by atoms with Crippen molar-refractivity contribution in [3.63, 3.8) is 0 Å². The van der Waals surface area contributed by atoms with Crippen molar-refractivity contribution in [1.82, 2.24) is 14.8 Å². The van der Waals surface area contributed by atoms with E-state index in [0.29, 0.717) is 10.8 Å². The van der Waals surface area contributed by atoms with E-state index in [1.165, 1.54) is 11.8 Å². The number of thioether (sulfide) groups is 1. The lowest BCUT2D eigenvalue weighted by atomic mass is 10.1. The van der Waals surface area contributed by atoms with Crippen LogP contribution < -0.4 is 0 Å². The maximum atomic E-state index is 9.95. The van der Waals surface area contributed by atoms with Crippen molar-refractivity contribution < 1.29 is 9.84 Å². The quantitative estimate of drug-likeness (QED) is 0.792. The van der Waals surface area contributed by atoms with Crippen molar-refractivity contribution in [3.05, 3.63) is 41.2 Å². The molecule has 5 nitrogen and oxygen atoms in total. The van der Waals surface area contributed by atoms with E-state index in [-0.39, 0.29) is 12.7 Å². The molecule has 0 amide bonds. The molecule has 1 N–H and O–H groups in total. The lowest BCUT2D eigenvalue weighted by Gasteiger charge is -2.16. The Morgan fingerprint density at radius 1 is 1.38 bits per heavy atom. The molecule has 0 spiro atoms. The summed E-state index contributed by atoms with van der Waals surface area (Å²) in [7, 11) is 1.87. The number of aryl methyl sites for hydroxylation is 1. The van der Waals surface area contributed by atoms with Gasteiger partial charge in [-0.1, -0.05) is 35.5 Å². The molecule has 2 rings (SSSR count). The fourth-order valence-electron chi connectivity index (χ4n) is 1.71. The zero-order valence-corrected chi connectivity index (χ0v) is 13.5. The molecular weight excluding hydrogens is 310 g/mol. The summed E-state index contributed by atoms with van der Waals surface area (Å²) in [5.74, 6) is 0.514. The number of aromatic nitrogens is 3. The van der Waals surface area contributed by atoms with Crippen LogP contribution in [0.4, 0.5) is 0 Å². The Balaban J connectivity index is 1.74. The molecule has 1 aromatic carbocycles. The van der Waals surface area contributed by atoms with Gasteiger partial charge in [0.15, 0.2) is 5.16 Å². The molecule has 0 aliphatic heterocycles. The monoisotopic (exact) mass is 327 g/mol. The first-order valence-electron chi connectivity index (χ1n) is 6.58. The minimum atomic E-state index is -0.554. The van der Waals surface area contributed by atoms with Gasteiger partial charge in [0.25, 0.3) is 0 Å². The number of aliphatic hydroxyl groups excluding tert-OH is 1. The lowest BCUT2D eigenvalue weighted by molar-refractivity contribution is 0.00621. The highest BCUT2D eigenvalue weighted by Gasteiger charge is 2.12. The number of ether oxygens (including phenoxy) is 1. The second kappa shape index (κ2) is 7.79. The summed E-state index contributed by atoms with van der Waals surface area (Å²) < 4.78 is 7.49. The van der Waals surface area contributed by atoms with E-state index < -0.39 is 6.10 Å². The largest absolute Gasteiger partial charge is 0.390 e. The Kier molecular flexibility index (Phi) is 6.05. The molecule has 0 aliphatic carbocycles. The molecule has 0 saturated heterocycles. The van der Waals surface area contributed by atoms with Crippen molar-refractivity contribution in [2.45, 2.75) is 24.3 Å². The van der Waals surface area contributed by atoms with Gasteiger partial charge in [-0.25, -0.2) is 0 Å². The van der Waals surface area contributed by atoms with Crippen LogP contribution in [0, 0.1) is 0 Å². The number of hydrogen-bond acceptors (Lipinski definition) is 5. The Morgan fingerprint density at radius 3 is 2.71 bits per heavy atom. The lowest BCUT2D eigenvalue weighted by Crippen LogP contribution is -2.19. The van der Waals surface area contributed by atoms with Crippen molar-refractivity contribution in [2.24, 2.45) is 7.05 Å². The number of rotatable bonds is 7. The minimum Gasteiger partial charge on any atom is -0.390 e. The van der Waals surface area contributed by atoms with Crippen molar-refractivity contribution >= 4 is 23.4 Å². The Labute approximate surface area is 133 Å². The van der Waals surface area contributed by atoms with Crippen LogP contribution in [0.1, 0.15) is 18.6 Å². The molecule has 0 saturated carbocycles. The second-order valence-electron chi connectivity index (χ2n) is 4.72. The topological polar surface area (TPSA) is 60.2 Å². The molecule has 2 aromatic rings. The van der Waals surface area contributed by atoms with Gasteiger partial charge < -0.3 is 14.4 Å². The summed E-state index contributed by atoms with van der Waals surface area (Å²) in [6.45, 7) is 2.22. The van der Waals surface area contributed by atoms with Crippen LogP contribution >= 0.6 is 23.4 Å². The summed E-state index contributed by atoms with van der Waals surface area (Å²) >= 11 is 7.30. The van der Waals surface area contributed by atoms with Gasteiger partial charge in [0.05, 0.1) is 18.8 Å². The predicted octanol–water partition coefficient (Wildman–Crippen LogP) is 2.70. The summed E-state index contributed by atoms with van der Waals surface area (Å²) in [6, 6.07) is 7.51. The molecule has 2 atom stereocenters. The highest BCUT2D eigenvalue weighted by Crippen LogP contribution is 2.20. The van der Waals surface area contributed by atoms with Gasteiger partial charge in [-0.15, -0.1) is 10.2 Å². The van der Waals surface area contributed by atoms with Crippen molar-refractivity contribution in [1.29, 1.82) is 0 Å². The standard InChI is InChI=1S/C14H18ClN3O2S/c1-10(11-3-5-12(15)6-4-11)20-7-13(19)8-21-14-17-16-9-18(14)2/h3-6,9-10,13,19H,7-8H2,1-2H3. The molecule has 1 aromatic heterocycles. The molecule has 1 heterocycles. The first-order chi connectivity index (χ1) is 10.1. The van der Waals surface area contributed by atoms with Gasteiger partial charge in [-0.2, -0.15) is 0 Å². The molecule has 0 aliphatic rings. The van der Waals surface area contributed by atoms with E-state index in [0.717, 1.165) is 10.7 Å². The van der Waals surface area contributed by atoms with Crippen molar-refractivity contribution in [3.8, 4) is 0 Å². The fraction of sp³-hybridized carbons (Fsp3) is 0.429. The molecule has 7 heteroatoms. The highest BCUT2D eigenvalue weighted by atomic mass is 35.5. The zero-order chi connectivity index (χ0) is 15.2. The molecule has 0 radical (unpaired) electrons. The molecule has 114 valence electrons. The predicted molar refractivity (Wildman–Crippen MR) is 83.6 cm³/mol.